The average molecular weight is 286 g/mol. The molecule has 0 radical (unpaired) electrons. The molecule has 1 N–H and O–H groups in total. The van der Waals surface area contributed by atoms with Crippen molar-refractivity contribution >= 4 is 34.5 Å². The second-order valence-corrected chi connectivity index (χ2v) is 6.00. The van der Waals surface area contributed by atoms with Gasteiger partial charge in [0.25, 0.3) is 0 Å². The van der Waals surface area contributed by atoms with E-state index < -0.39 is 0 Å². The number of hydrogen-bond acceptors (Lipinski definition) is 2. The molecule has 4 heteroatoms. The van der Waals surface area contributed by atoms with Crippen LogP contribution in [0.5, 0.6) is 0 Å². The molecule has 2 rings (SSSR count). The van der Waals surface area contributed by atoms with Gasteiger partial charge >= 0.3 is 0 Å². The summed E-state index contributed by atoms with van der Waals surface area (Å²) in [5.74, 6) is 0. The first-order valence-electron chi connectivity index (χ1n) is 5.30. The molecule has 0 aliphatic carbocycles. The van der Waals surface area contributed by atoms with Gasteiger partial charge < -0.3 is 5.32 Å². The first-order valence-corrected chi connectivity index (χ1v) is 6.87. The molecule has 0 amide bonds. The molecule has 0 bridgehead atoms. The number of hydrogen-bond donors (Lipinski definition) is 1. The van der Waals surface area contributed by atoms with Crippen LogP contribution < -0.4 is 5.32 Å². The van der Waals surface area contributed by atoms with E-state index >= 15 is 0 Å². The Bertz CT molecular complexity index is 485. The van der Waals surface area contributed by atoms with Gasteiger partial charge in [-0.15, -0.1) is 11.3 Å². The highest BCUT2D eigenvalue weighted by Gasteiger charge is 2.15. The average Bonchev–Trinajstić information content (AvgIpc) is 2.63. The molecule has 1 unspecified atom stereocenters. The summed E-state index contributed by atoms with van der Waals surface area (Å²) in [6, 6.07) is 10.2. The predicted octanol–water partition coefficient (Wildman–Crippen LogP) is 4.67. The molecule has 17 heavy (non-hydrogen) atoms. The summed E-state index contributed by atoms with van der Waals surface area (Å²) in [5.41, 5.74) is 2.32. The van der Waals surface area contributed by atoms with Gasteiger partial charge in [0.1, 0.15) is 0 Å². The normalized spacial score (nSPS) is 12.7. The highest BCUT2D eigenvalue weighted by atomic mass is 35.5. The van der Waals surface area contributed by atoms with Crippen molar-refractivity contribution in [3.05, 3.63) is 55.7 Å². The Morgan fingerprint density at radius 3 is 2.29 bits per heavy atom. The summed E-state index contributed by atoms with van der Waals surface area (Å²) >= 11 is 13.6. The molecule has 1 aromatic carbocycles. The number of aryl methyl sites for hydroxylation is 1. The van der Waals surface area contributed by atoms with Gasteiger partial charge in [-0.2, -0.15) is 0 Å². The van der Waals surface area contributed by atoms with Crippen LogP contribution in [0.3, 0.4) is 0 Å². The minimum absolute atomic E-state index is 0.170. The number of halogens is 2. The second kappa shape index (κ2) is 5.40. The van der Waals surface area contributed by atoms with Crippen molar-refractivity contribution in [2.24, 2.45) is 0 Å². The van der Waals surface area contributed by atoms with Crippen molar-refractivity contribution in [2.45, 2.75) is 13.0 Å². The smallest absolute Gasteiger partial charge is 0.0961 e. The van der Waals surface area contributed by atoms with E-state index in [4.69, 9.17) is 23.2 Å². The van der Waals surface area contributed by atoms with Crippen LogP contribution in [-0.2, 0) is 0 Å². The number of thiophene rings is 1. The van der Waals surface area contributed by atoms with Gasteiger partial charge in [0.15, 0.2) is 0 Å². The van der Waals surface area contributed by atoms with Gasteiger partial charge in [-0.1, -0.05) is 35.3 Å². The maximum absolute atomic E-state index is 6.11. The molecule has 1 aromatic heterocycles. The van der Waals surface area contributed by atoms with Crippen molar-refractivity contribution in [3.63, 3.8) is 0 Å². The third-order valence-electron chi connectivity index (χ3n) is 2.65. The van der Waals surface area contributed by atoms with Crippen LogP contribution in [0.25, 0.3) is 0 Å². The Kier molecular flexibility index (Phi) is 4.10. The lowest BCUT2D eigenvalue weighted by Gasteiger charge is -2.14. The van der Waals surface area contributed by atoms with Gasteiger partial charge in [-0.05, 0) is 43.3 Å². The summed E-state index contributed by atoms with van der Waals surface area (Å²) in [6.45, 7) is 2.02. The predicted molar refractivity (Wildman–Crippen MR) is 76.4 cm³/mol. The molecule has 0 saturated carbocycles. The Morgan fingerprint density at radius 1 is 1.18 bits per heavy atom. The zero-order chi connectivity index (χ0) is 12.4. The minimum Gasteiger partial charge on any atom is -0.309 e. The zero-order valence-corrected chi connectivity index (χ0v) is 12.0. The van der Waals surface area contributed by atoms with E-state index in [0.29, 0.717) is 0 Å². The van der Waals surface area contributed by atoms with E-state index in [2.05, 4.69) is 11.4 Å². The van der Waals surface area contributed by atoms with Crippen molar-refractivity contribution in [3.8, 4) is 0 Å². The van der Waals surface area contributed by atoms with E-state index in [9.17, 15) is 0 Å². The molecule has 0 aliphatic rings. The fraction of sp³-hybridized carbons (Fsp3) is 0.231. The van der Waals surface area contributed by atoms with Crippen LogP contribution in [0, 0.1) is 6.92 Å². The third kappa shape index (κ3) is 2.83. The highest BCUT2D eigenvalue weighted by molar-refractivity contribution is 7.16. The molecule has 1 atom stereocenters. The molecule has 0 saturated heterocycles. The van der Waals surface area contributed by atoms with E-state index in [1.54, 1.807) is 11.3 Å². The van der Waals surface area contributed by atoms with E-state index in [0.717, 1.165) is 14.9 Å². The third-order valence-corrected chi connectivity index (χ3v) is 4.52. The quantitative estimate of drug-likeness (QED) is 0.864. The van der Waals surface area contributed by atoms with Crippen LogP contribution in [0.4, 0.5) is 0 Å². The van der Waals surface area contributed by atoms with Crippen LogP contribution in [-0.4, -0.2) is 7.05 Å². The molecule has 0 fully saturated rings. The standard InChI is InChI=1S/C13H13Cl2NS/c1-8-7-11(17-13(8)15)12(16-2)9-3-5-10(14)6-4-9/h3-7,12,16H,1-2H3. The van der Waals surface area contributed by atoms with Gasteiger partial charge in [-0.3, -0.25) is 0 Å². The van der Waals surface area contributed by atoms with Gasteiger partial charge in [0.2, 0.25) is 0 Å². The van der Waals surface area contributed by atoms with Crippen molar-refractivity contribution in [1.29, 1.82) is 0 Å². The van der Waals surface area contributed by atoms with Gasteiger partial charge in [-0.25, -0.2) is 0 Å². The summed E-state index contributed by atoms with van der Waals surface area (Å²) < 4.78 is 0.856. The van der Waals surface area contributed by atoms with Crippen LogP contribution in [0.15, 0.2) is 30.3 Å². The molecule has 0 aliphatic heterocycles. The number of benzene rings is 1. The van der Waals surface area contributed by atoms with Crippen LogP contribution in [0.1, 0.15) is 22.0 Å². The molecule has 0 spiro atoms. The van der Waals surface area contributed by atoms with Gasteiger partial charge in [0.05, 0.1) is 10.4 Å². The second-order valence-electron chi connectivity index (χ2n) is 3.88. The summed E-state index contributed by atoms with van der Waals surface area (Å²) in [4.78, 5) is 1.22. The van der Waals surface area contributed by atoms with Gasteiger partial charge in [0, 0.05) is 9.90 Å². The van der Waals surface area contributed by atoms with Crippen molar-refractivity contribution < 1.29 is 0 Å². The highest BCUT2D eigenvalue weighted by Crippen LogP contribution is 2.34. The summed E-state index contributed by atoms with van der Waals surface area (Å²) in [5, 5.41) is 4.06. The molecule has 1 heterocycles. The van der Waals surface area contributed by atoms with Crippen molar-refractivity contribution in [2.75, 3.05) is 7.05 Å². The molecular weight excluding hydrogens is 273 g/mol. The lowest BCUT2D eigenvalue weighted by Crippen LogP contribution is -2.16. The minimum atomic E-state index is 0.170. The first-order chi connectivity index (χ1) is 8.11. The fourth-order valence-electron chi connectivity index (χ4n) is 1.75. The van der Waals surface area contributed by atoms with E-state index in [1.165, 1.54) is 10.4 Å². The monoisotopic (exact) mass is 285 g/mol. The molecular formula is C13H13Cl2NS. The first kappa shape index (κ1) is 12.9. The lowest BCUT2D eigenvalue weighted by atomic mass is 10.1. The summed E-state index contributed by atoms with van der Waals surface area (Å²) in [6.07, 6.45) is 0. The fourth-order valence-corrected chi connectivity index (χ4v) is 3.24. The molecule has 1 nitrogen and oxygen atoms in total. The Balaban J connectivity index is 2.36. The SMILES string of the molecule is CNC(c1ccc(Cl)cc1)c1cc(C)c(Cl)s1. The van der Waals surface area contributed by atoms with Crippen LogP contribution in [0.2, 0.25) is 9.36 Å². The Labute approximate surface area is 115 Å². The lowest BCUT2D eigenvalue weighted by molar-refractivity contribution is 0.703. The maximum atomic E-state index is 6.11. The molecule has 2 aromatic rings. The van der Waals surface area contributed by atoms with E-state index in [-0.39, 0.29) is 6.04 Å². The van der Waals surface area contributed by atoms with Crippen LogP contribution >= 0.6 is 34.5 Å². The Hall–Kier alpha value is -0.540. The molecule has 90 valence electrons. The maximum Gasteiger partial charge on any atom is 0.0961 e. The van der Waals surface area contributed by atoms with E-state index in [1.807, 2.05) is 38.2 Å². The number of rotatable bonds is 3. The number of nitrogens with one attached hydrogen (secondary N) is 1. The zero-order valence-electron chi connectivity index (χ0n) is 9.63. The summed E-state index contributed by atoms with van der Waals surface area (Å²) in [7, 11) is 1.95. The van der Waals surface area contributed by atoms with Crippen molar-refractivity contribution in [1.82, 2.24) is 5.32 Å². The largest absolute Gasteiger partial charge is 0.309 e. The Morgan fingerprint density at radius 2 is 1.82 bits per heavy atom. The topological polar surface area (TPSA) is 12.0 Å².